The summed E-state index contributed by atoms with van der Waals surface area (Å²) in [5, 5.41) is 8.92. The van der Waals surface area contributed by atoms with Crippen LogP contribution in [0.4, 0.5) is 0 Å². The molecule has 2 aliphatic carbocycles. The van der Waals surface area contributed by atoms with Gasteiger partial charge in [-0.2, -0.15) is 0 Å². The molecule has 1 heterocycles. The summed E-state index contributed by atoms with van der Waals surface area (Å²) in [5.41, 5.74) is 12.1. The second kappa shape index (κ2) is 13.2. The smallest absolute Gasteiger partial charge is 0.160 e. The highest BCUT2D eigenvalue weighted by Gasteiger charge is 2.54. The minimum absolute atomic E-state index is 0.576. The molecule has 2 nitrogen and oxygen atoms in total. The van der Waals surface area contributed by atoms with E-state index in [-0.39, 0.29) is 0 Å². The van der Waals surface area contributed by atoms with Gasteiger partial charge in [-0.05, 0) is 103 Å². The van der Waals surface area contributed by atoms with E-state index in [1.807, 2.05) is 0 Å². The molecule has 9 aromatic carbocycles. The van der Waals surface area contributed by atoms with Crippen LogP contribution in [0.25, 0.3) is 66.4 Å². The van der Waals surface area contributed by atoms with Crippen LogP contribution in [0.5, 0.6) is 0 Å². The Labute approximate surface area is 346 Å². The van der Waals surface area contributed by atoms with Crippen LogP contribution < -0.4 is 15.9 Å². The standard InChI is InChI=1S/C55H37N2P2/c58-59(43-32-26-36-14-4-6-18-40(36)34-43,44-33-27-37-15-5-7-19-41(37)35-44)42-30-28-39(29-31-42)54-56-52(38-16-2-1-3-17-38)51-47-22-10-13-25-50(47)55(53(51)57-54)48-23-11-8-20-45(48)46-21-9-12-24-49(46)55/h1-35H,58H2/q+1. The van der Waals surface area contributed by atoms with Crippen LogP contribution >= 0.6 is 15.9 Å². The molecule has 0 radical (unpaired) electrons. The summed E-state index contributed by atoms with van der Waals surface area (Å²) in [6, 6.07) is 77.8. The van der Waals surface area contributed by atoms with Crippen LogP contribution in [0, 0.1) is 0 Å². The number of fused-ring (bicyclic) bond motifs is 12. The van der Waals surface area contributed by atoms with Crippen LogP contribution in [0.3, 0.4) is 0 Å². The number of aromatic nitrogens is 2. The Morgan fingerprint density at radius 2 is 0.831 bits per heavy atom. The first-order chi connectivity index (χ1) is 29.1. The Kier molecular flexibility index (Phi) is 7.73. The van der Waals surface area contributed by atoms with E-state index in [4.69, 9.17) is 9.97 Å². The number of hydrogen-bond donors (Lipinski definition) is 0. The summed E-state index contributed by atoms with van der Waals surface area (Å²) in [6.45, 7) is -2.18. The molecule has 10 aromatic rings. The van der Waals surface area contributed by atoms with Gasteiger partial charge in [0, 0.05) is 25.6 Å². The van der Waals surface area contributed by atoms with Crippen molar-refractivity contribution in [3.05, 3.63) is 235 Å². The van der Waals surface area contributed by atoms with Gasteiger partial charge >= 0.3 is 0 Å². The summed E-state index contributed by atoms with van der Waals surface area (Å²) in [4.78, 5) is 11.2. The fraction of sp³-hybridized carbons (Fsp3) is 0.0182. The highest BCUT2D eigenvalue weighted by Crippen LogP contribution is 2.65. The first kappa shape index (κ1) is 34.5. The monoisotopic (exact) mass is 787 g/mol. The second-order valence-electron chi connectivity index (χ2n) is 15.7. The molecular weight excluding hydrogens is 751 g/mol. The number of nitrogens with zero attached hydrogens (tertiary/aromatic N) is 2. The van der Waals surface area contributed by atoms with Crippen LogP contribution in [-0.4, -0.2) is 9.97 Å². The van der Waals surface area contributed by atoms with E-state index in [1.165, 1.54) is 70.8 Å². The topological polar surface area (TPSA) is 25.8 Å². The molecule has 0 fully saturated rings. The lowest BCUT2D eigenvalue weighted by Crippen LogP contribution is -2.27. The van der Waals surface area contributed by atoms with Gasteiger partial charge in [0.25, 0.3) is 0 Å². The molecule has 0 N–H and O–H groups in total. The largest absolute Gasteiger partial charge is 0.231 e. The molecule has 4 heteroatoms. The minimum atomic E-state index is -2.18. The summed E-state index contributed by atoms with van der Waals surface area (Å²) < 4.78 is 0. The Bertz CT molecular complexity index is 3180. The van der Waals surface area contributed by atoms with Gasteiger partial charge in [-0.15, -0.1) is 0 Å². The molecule has 0 aliphatic heterocycles. The third-order valence-electron chi connectivity index (χ3n) is 12.7. The quantitative estimate of drug-likeness (QED) is 0.162. The van der Waals surface area contributed by atoms with E-state index in [1.54, 1.807) is 0 Å². The average molecular weight is 788 g/mol. The Balaban J connectivity index is 1.08. The van der Waals surface area contributed by atoms with E-state index in [2.05, 4.69) is 221 Å². The molecule has 0 bridgehead atoms. The van der Waals surface area contributed by atoms with Crippen LogP contribution in [-0.2, 0) is 5.41 Å². The lowest BCUT2D eigenvalue weighted by atomic mass is 9.72. The highest BCUT2D eigenvalue weighted by molar-refractivity contribution is 8.36. The predicted octanol–water partition coefficient (Wildman–Crippen LogP) is 12.5. The van der Waals surface area contributed by atoms with Crippen molar-refractivity contribution in [3.8, 4) is 44.9 Å². The fourth-order valence-corrected chi connectivity index (χ4v) is 14.2. The number of hydrogen-bond acceptors (Lipinski definition) is 2. The van der Waals surface area contributed by atoms with E-state index >= 15 is 0 Å². The lowest BCUT2D eigenvalue weighted by molar-refractivity contribution is 0.758. The molecule has 1 spiro atoms. The van der Waals surface area contributed by atoms with Crippen molar-refractivity contribution in [2.75, 3.05) is 0 Å². The SMILES string of the molecule is P[P+](c1ccc(-c2nc(-c3ccccc3)c3c(n2)C2(c4ccccc4-c4ccccc42)c2ccccc2-3)cc1)(c1ccc2ccccc2c1)c1ccc2ccccc2c1. The zero-order chi connectivity index (χ0) is 39.1. The van der Waals surface area contributed by atoms with Gasteiger partial charge < -0.3 is 0 Å². The molecular formula is C55H37N2P2+. The fourth-order valence-electron chi connectivity index (χ4n) is 9.94. The number of benzene rings is 9. The maximum absolute atomic E-state index is 5.73. The van der Waals surface area contributed by atoms with Gasteiger partial charge in [0.2, 0.25) is 0 Å². The van der Waals surface area contributed by atoms with E-state index in [0.717, 1.165) is 33.9 Å². The summed E-state index contributed by atoms with van der Waals surface area (Å²) in [7, 11) is 3.38. The first-order valence-electron chi connectivity index (χ1n) is 20.2. The van der Waals surface area contributed by atoms with Crippen molar-refractivity contribution < 1.29 is 0 Å². The second-order valence-corrected chi connectivity index (χ2v) is 21.0. The van der Waals surface area contributed by atoms with Gasteiger partial charge in [-0.25, -0.2) is 9.97 Å². The van der Waals surface area contributed by atoms with Crippen molar-refractivity contribution in [2.24, 2.45) is 0 Å². The maximum Gasteiger partial charge on any atom is 0.160 e. The predicted molar refractivity (Wildman–Crippen MR) is 253 cm³/mol. The van der Waals surface area contributed by atoms with Gasteiger partial charge in [0.15, 0.2) is 5.82 Å². The van der Waals surface area contributed by atoms with Gasteiger partial charge in [0.05, 0.1) is 16.8 Å². The third-order valence-corrected chi connectivity index (χ3v) is 18.7. The van der Waals surface area contributed by atoms with Crippen molar-refractivity contribution >= 4 is 53.3 Å². The van der Waals surface area contributed by atoms with Crippen molar-refractivity contribution in [2.45, 2.75) is 5.41 Å². The Morgan fingerprint density at radius 1 is 0.373 bits per heavy atom. The zero-order valence-corrected chi connectivity index (χ0v) is 34.2. The first-order valence-corrected chi connectivity index (χ1v) is 23.6. The van der Waals surface area contributed by atoms with Gasteiger partial charge in [0.1, 0.15) is 22.9 Å². The highest BCUT2D eigenvalue weighted by atomic mass is 32.1. The Hall–Kier alpha value is -6.56. The van der Waals surface area contributed by atoms with Crippen LogP contribution in [0.2, 0.25) is 0 Å². The minimum Gasteiger partial charge on any atom is -0.231 e. The molecule has 12 rings (SSSR count). The van der Waals surface area contributed by atoms with Gasteiger partial charge in [-0.1, -0.05) is 164 Å². The molecule has 0 saturated carbocycles. The molecule has 1 atom stereocenters. The molecule has 59 heavy (non-hydrogen) atoms. The van der Waals surface area contributed by atoms with Crippen molar-refractivity contribution in [1.29, 1.82) is 0 Å². The van der Waals surface area contributed by atoms with E-state index in [0.29, 0.717) is 0 Å². The molecule has 0 amide bonds. The van der Waals surface area contributed by atoms with Crippen LogP contribution in [0.1, 0.15) is 22.4 Å². The molecule has 1 unspecified atom stereocenters. The van der Waals surface area contributed by atoms with Crippen molar-refractivity contribution in [1.82, 2.24) is 9.97 Å². The summed E-state index contributed by atoms with van der Waals surface area (Å²) in [5.74, 6) is 0.729. The van der Waals surface area contributed by atoms with Crippen LogP contribution in [0.15, 0.2) is 212 Å². The Morgan fingerprint density at radius 3 is 1.41 bits per heavy atom. The molecule has 0 saturated heterocycles. The maximum atomic E-state index is 5.73. The molecule has 276 valence electrons. The third kappa shape index (κ3) is 5.01. The average Bonchev–Trinajstić information content (AvgIpc) is 3.78. The summed E-state index contributed by atoms with van der Waals surface area (Å²) in [6.07, 6.45) is 0. The normalized spacial score (nSPS) is 13.3. The summed E-state index contributed by atoms with van der Waals surface area (Å²) >= 11 is 0. The van der Waals surface area contributed by atoms with Gasteiger partial charge in [-0.3, -0.25) is 0 Å². The lowest BCUT2D eigenvalue weighted by Gasteiger charge is -2.29. The number of rotatable bonds is 5. The molecule has 2 aliphatic rings. The van der Waals surface area contributed by atoms with E-state index in [9.17, 15) is 0 Å². The molecule has 1 aromatic heterocycles. The van der Waals surface area contributed by atoms with Crippen molar-refractivity contribution in [3.63, 3.8) is 0 Å². The van der Waals surface area contributed by atoms with E-state index < -0.39 is 12.4 Å². The zero-order valence-electron chi connectivity index (χ0n) is 32.1.